The highest BCUT2D eigenvalue weighted by Gasteiger charge is 2.13. The van der Waals surface area contributed by atoms with Crippen molar-refractivity contribution < 1.29 is 13.7 Å². The van der Waals surface area contributed by atoms with Crippen molar-refractivity contribution in [3.63, 3.8) is 0 Å². The summed E-state index contributed by atoms with van der Waals surface area (Å²) in [5.41, 5.74) is 2.23. The molecule has 1 heterocycles. The van der Waals surface area contributed by atoms with Crippen molar-refractivity contribution in [1.29, 1.82) is 0 Å². The highest BCUT2D eigenvalue weighted by Crippen LogP contribution is 2.21. The maximum atomic E-state index is 12.9. The van der Waals surface area contributed by atoms with Gasteiger partial charge < -0.3 is 4.52 Å². The van der Waals surface area contributed by atoms with Gasteiger partial charge >= 0.3 is 0 Å². The third-order valence-corrected chi connectivity index (χ3v) is 3.64. The standard InChI is InChI=1S/C19H16FNO2/c20-16-11-9-15(10-12-16)19-13-17(21-23-19)18(22)8-4-7-14-5-2-1-3-6-14/h1-3,5-6,9-13H,4,7-8H2. The fourth-order valence-electron chi connectivity index (χ4n) is 2.38. The Hall–Kier alpha value is -2.75. The van der Waals surface area contributed by atoms with Crippen LogP contribution >= 0.6 is 0 Å². The van der Waals surface area contributed by atoms with Gasteiger partial charge in [-0.15, -0.1) is 0 Å². The van der Waals surface area contributed by atoms with Crippen molar-refractivity contribution in [2.75, 3.05) is 0 Å². The smallest absolute Gasteiger partial charge is 0.184 e. The maximum Gasteiger partial charge on any atom is 0.184 e. The molecule has 0 atom stereocenters. The van der Waals surface area contributed by atoms with Crippen molar-refractivity contribution in [3.8, 4) is 11.3 Å². The van der Waals surface area contributed by atoms with Crippen LogP contribution in [0.2, 0.25) is 0 Å². The predicted molar refractivity (Wildman–Crippen MR) is 85.6 cm³/mol. The topological polar surface area (TPSA) is 43.1 Å². The van der Waals surface area contributed by atoms with Gasteiger partial charge in [-0.3, -0.25) is 4.79 Å². The van der Waals surface area contributed by atoms with E-state index in [0.29, 0.717) is 23.4 Å². The number of carbonyl (C=O) groups is 1. The number of aryl methyl sites for hydroxylation is 1. The fraction of sp³-hybridized carbons (Fsp3) is 0.158. The number of hydrogen-bond donors (Lipinski definition) is 0. The molecule has 2 aromatic carbocycles. The molecule has 0 unspecified atom stereocenters. The van der Waals surface area contributed by atoms with Gasteiger partial charge in [0.05, 0.1) is 0 Å². The zero-order valence-electron chi connectivity index (χ0n) is 12.5. The third kappa shape index (κ3) is 3.92. The number of nitrogens with zero attached hydrogens (tertiary/aromatic N) is 1. The Morgan fingerprint density at radius 3 is 2.52 bits per heavy atom. The predicted octanol–water partition coefficient (Wildman–Crippen LogP) is 4.69. The SMILES string of the molecule is O=C(CCCc1ccccc1)c1cc(-c2ccc(F)cc2)on1. The second kappa shape index (κ2) is 7.01. The third-order valence-electron chi connectivity index (χ3n) is 3.64. The van der Waals surface area contributed by atoms with Gasteiger partial charge in [0, 0.05) is 18.1 Å². The second-order valence-corrected chi connectivity index (χ2v) is 5.35. The van der Waals surface area contributed by atoms with Gasteiger partial charge in [0.1, 0.15) is 11.5 Å². The van der Waals surface area contributed by atoms with E-state index >= 15 is 0 Å². The van der Waals surface area contributed by atoms with E-state index in [1.807, 2.05) is 30.3 Å². The minimum absolute atomic E-state index is 0.0435. The van der Waals surface area contributed by atoms with Crippen LogP contribution in [0.3, 0.4) is 0 Å². The Morgan fingerprint density at radius 1 is 1.04 bits per heavy atom. The quantitative estimate of drug-likeness (QED) is 0.621. The fourth-order valence-corrected chi connectivity index (χ4v) is 2.38. The first-order chi connectivity index (χ1) is 11.2. The van der Waals surface area contributed by atoms with Crippen LogP contribution in [0.4, 0.5) is 4.39 Å². The van der Waals surface area contributed by atoms with Gasteiger partial charge in [-0.25, -0.2) is 4.39 Å². The summed E-state index contributed by atoms with van der Waals surface area (Å²) in [5, 5.41) is 3.82. The molecular weight excluding hydrogens is 293 g/mol. The Labute approximate surface area is 133 Å². The van der Waals surface area contributed by atoms with Crippen LogP contribution in [0, 0.1) is 5.82 Å². The molecule has 3 nitrogen and oxygen atoms in total. The summed E-state index contributed by atoms with van der Waals surface area (Å²) in [6.07, 6.45) is 2.04. The van der Waals surface area contributed by atoms with Crippen LogP contribution < -0.4 is 0 Å². The molecular formula is C19H16FNO2. The lowest BCUT2D eigenvalue weighted by atomic mass is 10.0. The number of hydrogen-bond acceptors (Lipinski definition) is 3. The van der Waals surface area contributed by atoms with Gasteiger partial charge in [0.15, 0.2) is 11.5 Å². The summed E-state index contributed by atoms with van der Waals surface area (Å²) in [6.45, 7) is 0. The Bertz CT molecular complexity index is 779. The zero-order valence-corrected chi connectivity index (χ0v) is 12.5. The maximum absolute atomic E-state index is 12.9. The van der Waals surface area contributed by atoms with Crippen molar-refractivity contribution in [1.82, 2.24) is 5.16 Å². The number of ketones is 1. The highest BCUT2D eigenvalue weighted by atomic mass is 19.1. The number of aromatic nitrogens is 1. The van der Waals surface area contributed by atoms with Gasteiger partial charge in [-0.2, -0.15) is 0 Å². The second-order valence-electron chi connectivity index (χ2n) is 5.35. The van der Waals surface area contributed by atoms with Crippen LogP contribution in [0.15, 0.2) is 65.2 Å². The first-order valence-electron chi connectivity index (χ1n) is 7.52. The van der Waals surface area contributed by atoms with Crippen LogP contribution in [-0.2, 0) is 6.42 Å². The number of halogens is 1. The van der Waals surface area contributed by atoms with Crippen molar-refractivity contribution in [2.45, 2.75) is 19.3 Å². The highest BCUT2D eigenvalue weighted by molar-refractivity contribution is 5.94. The molecule has 116 valence electrons. The Balaban J connectivity index is 1.59. The monoisotopic (exact) mass is 309 g/mol. The largest absolute Gasteiger partial charge is 0.356 e. The number of Topliss-reactive ketones (excluding diaryl/α,β-unsaturated/α-hetero) is 1. The van der Waals surface area contributed by atoms with Gasteiger partial charge in [0.25, 0.3) is 0 Å². The van der Waals surface area contributed by atoms with E-state index < -0.39 is 0 Å². The average Bonchev–Trinajstić information content (AvgIpc) is 3.06. The molecule has 0 radical (unpaired) electrons. The number of carbonyl (C=O) groups excluding carboxylic acids is 1. The Kier molecular flexibility index (Phi) is 4.62. The lowest BCUT2D eigenvalue weighted by Gasteiger charge is -1.99. The van der Waals surface area contributed by atoms with E-state index in [9.17, 15) is 9.18 Å². The molecule has 0 N–H and O–H groups in total. The Morgan fingerprint density at radius 2 is 1.78 bits per heavy atom. The molecule has 3 rings (SSSR count). The van der Waals surface area contributed by atoms with E-state index in [0.717, 1.165) is 12.8 Å². The van der Waals surface area contributed by atoms with Crippen molar-refractivity contribution >= 4 is 5.78 Å². The molecule has 0 aliphatic heterocycles. The summed E-state index contributed by atoms with van der Waals surface area (Å²) in [6, 6.07) is 17.5. The molecule has 0 spiro atoms. The van der Waals surface area contributed by atoms with Crippen LogP contribution in [0.25, 0.3) is 11.3 Å². The van der Waals surface area contributed by atoms with Crippen LogP contribution in [0.5, 0.6) is 0 Å². The lowest BCUT2D eigenvalue weighted by Crippen LogP contribution is -2.00. The molecule has 0 saturated heterocycles. The summed E-state index contributed by atoms with van der Waals surface area (Å²) >= 11 is 0. The molecule has 0 aliphatic carbocycles. The van der Waals surface area contributed by atoms with Crippen molar-refractivity contribution in [3.05, 3.63) is 77.7 Å². The first kappa shape index (κ1) is 15.2. The van der Waals surface area contributed by atoms with E-state index in [-0.39, 0.29) is 11.6 Å². The molecule has 0 saturated carbocycles. The lowest BCUT2D eigenvalue weighted by molar-refractivity contribution is 0.0971. The van der Waals surface area contributed by atoms with E-state index in [2.05, 4.69) is 5.16 Å². The molecule has 23 heavy (non-hydrogen) atoms. The van der Waals surface area contributed by atoms with Crippen molar-refractivity contribution in [2.24, 2.45) is 0 Å². The average molecular weight is 309 g/mol. The van der Waals surface area contributed by atoms with E-state index in [1.54, 1.807) is 18.2 Å². The molecule has 0 bridgehead atoms. The summed E-state index contributed by atoms with van der Waals surface area (Å²) in [5.74, 6) is 0.111. The van der Waals surface area contributed by atoms with Gasteiger partial charge in [0.2, 0.25) is 0 Å². The summed E-state index contributed by atoms with van der Waals surface area (Å²) in [4.78, 5) is 12.2. The minimum Gasteiger partial charge on any atom is -0.356 e. The molecule has 0 aliphatic rings. The zero-order chi connectivity index (χ0) is 16.1. The first-order valence-corrected chi connectivity index (χ1v) is 7.52. The summed E-state index contributed by atoms with van der Waals surface area (Å²) < 4.78 is 18.1. The van der Waals surface area contributed by atoms with Crippen LogP contribution in [0.1, 0.15) is 28.9 Å². The van der Waals surface area contributed by atoms with Gasteiger partial charge in [-0.1, -0.05) is 35.5 Å². The molecule has 0 amide bonds. The summed E-state index contributed by atoms with van der Waals surface area (Å²) in [7, 11) is 0. The van der Waals surface area contributed by atoms with Gasteiger partial charge in [-0.05, 0) is 42.7 Å². The molecule has 3 aromatic rings. The molecule has 0 fully saturated rings. The molecule has 4 heteroatoms. The number of rotatable bonds is 6. The minimum atomic E-state index is -0.314. The normalized spacial score (nSPS) is 10.7. The molecule has 1 aromatic heterocycles. The number of benzene rings is 2. The van der Waals surface area contributed by atoms with E-state index in [4.69, 9.17) is 4.52 Å². The van der Waals surface area contributed by atoms with Crippen LogP contribution in [-0.4, -0.2) is 10.9 Å². The van der Waals surface area contributed by atoms with E-state index in [1.165, 1.54) is 17.7 Å².